The minimum Gasteiger partial charge on any atom is -0.479 e. The molecule has 1 fully saturated rings. The lowest BCUT2D eigenvalue weighted by Crippen LogP contribution is -2.55. The van der Waals surface area contributed by atoms with Gasteiger partial charge in [0.05, 0.1) is 6.04 Å². The average Bonchev–Trinajstić information content (AvgIpc) is 2.16. The first-order valence-electron chi connectivity index (χ1n) is 5.30. The summed E-state index contributed by atoms with van der Waals surface area (Å²) in [5.41, 5.74) is 2.01. The van der Waals surface area contributed by atoms with Gasteiger partial charge in [0.25, 0.3) is 5.91 Å². The van der Waals surface area contributed by atoms with E-state index in [0.29, 0.717) is 0 Å². The summed E-state index contributed by atoms with van der Waals surface area (Å²) >= 11 is 0. The van der Waals surface area contributed by atoms with E-state index in [-0.39, 0.29) is 17.4 Å². The van der Waals surface area contributed by atoms with Crippen molar-refractivity contribution in [3.63, 3.8) is 0 Å². The van der Waals surface area contributed by atoms with Crippen LogP contribution in [0.3, 0.4) is 0 Å². The first-order chi connectivity index (χ1) is 7.43. The van der Waals surface area contributed by atoms with Gasteiger partial charge in [0.2, 0.25) is 0 Å². The Morgan fingerprint density at radius 3 is 2.81 bits per heavy atom. The molecule has 1 aliphatic rings. The Morgan fingerprint density at radius 2 is 2.25 bits per heavy atom. The van der Waals surface area contributed by atoms with Crippen molar-refractivity contribution in [3.05, 3.63) is 0 Å². The number of carboxylic acids is 1. The number of rotatable bonds is 4. The van der Waals surface area contributed by atoms with Crippen molar-refractivity contribution in [1.29, 1.82) is 0 Å². The van der Waals surface area contributed by atoms with Crippen molar-refractivity contribution in [2.45, 2.75) is 32.7 Å². The van der Waals surface area contributed by atoms with E-state index >= 15 is 0 Å². The van der Waals surface area contributed by atoms with Crippen molar-refractivity contribution in [3.8, 4) is 0 Å². The van der Waals surface area contributed by atoms with Crippen LogP contribution >= 0.6 is 0 Å². The molecule has 0 aromatic heterocycles. The first-order valence-corrected chi connectivity index (χ1v) is 5.30. The molecule has 92 valence electrons. The second-order valence-electron chi connectivity index (χ2n) is 4.63. The van der Waals surface area contributed by atoms with Gasteiger partial charge in [-0.15, -0.1) is 0 Å². The Labute approximate surface area is 94.3 Å². The van der Waals surface area contributed by atoms with Gasteiger partial charge in [0.1, 0.15) is 0 Å². The van der Waals surface area contributed by atoms with Crippen LogP contribution < -0.4 is 10.8 Å². The van der Waals surface area contributed by atoms with Gasteiger partial charge >= 0.3 is 5.97 Å². The minimum absolute atomic E-state index is 0.144. The normalized spacial score (nSPS) is 23.8. The van der Waals surface area contributed by atoms with Gasteiger partial charge in [-0.25, -0.2) is 10.3 Å². The van der Waals surface area contributed by atoms with E-state index in [1.165, 1.54) is 0 Å². The zero-order valence-corrected chi connectivity index (χ0v) is 9.58. The summed E-state index contributed by atoms with van der Waals surface area (Å²) in [7, 11) is 0. The molecule has 0 bridgehead atoms. The second-order valence-corrected chi connectivity index (χ2v) is 4.63. The van der Waals surface area contributed by atoms with E-state index in [1.807, 2.05) is 13.8 Å². The fraction of sp³-hybridized carbons (Fsp3) is 0.800. The standard InChI is InChI=1S/C10H18N2O4/c1-10(2)4-3-5-11-8(10)9(15)12-16-6-7(13)14/h8,11H,3-6H2,1-2H3,(H,12,15)(H,13,14). The number of hydroxylamine groups is 1. The lowest BCUT2D eigenvalue weighted by Gasteiger charge is -2.37. The van der Waals surface area contributed by atoms with E-state index in [9.17, 15) is 9.59 Å². The lowest BCUT2D eigenvalue weighted by molar-refractivity contribution is -0.151. The Morgan fingerprint density at radius 1 is 1.56 bits per heavy atom. The molecular weight excluding hydrogens is 212 g/mol. The fourth-order valence-electron chi connectivity index (χ4n) is 1.89. The Hall–Kier alpha value is -1.14. The zero-order chi connectivity index (χ0) is 12.2. The summed E-state index contributed by atoms with van der Waals surface area (Å²) in [6.45, 7) is 4.26. The zero-order valence-electron chi connectivity index (χ0n) is 9.58. The molecular formula is C10H18N2O4. The maximum absolute atomic E-state index is 11.7. The lowest BCUT2D eigenvalue weighted by atomic mass is 9.77. The number of carboxylic acid groups (broad SMARTS) is 1. The molecule has 1 heterocycles. The quantitative estimate of drug-likeness (QED) is 0.587. The number of carbonyl (C=O) groups excluding carboxylic acids is 1. The summed E-state index contributed by atoms with van der Waals surface area (Å²) < 4.78 is 0. The third-order valence-electron chi connectivity index (χ3n) is 2.76. The summed E-state index contributed by atoms with van der Waals surface area (Å²) in [5.74, 6) is -1.43. The van der Waals surface area contributed by atoms with Crippen LogP contribution in [0.2, 0.25) is 0 Å². The number of piperidine rings is 1. The molecule has 1 amide bonds. The highest BCUT2D eigenvalue weighted by Gasteiger charge is 2.37. The maximum Gasteiger partial charge on any atom is 0.332 e. The van der Waals surface area contributed by atoms with Crippen LogP contribution in [0.15, 0.2) is 0 Å². The molecule has 0 aliphatic carbocycles. The molecule has 1 aliphatic heterocycles. The first kappa shape index (κ1) is 12.9. The molecule has 1 rings (SSSR count). The second kappa shape index (κ2) is 5.27. The molecule has 0 radical (unpaired) electrons. The average molecular weight is 230 g/mol. The topological polar surface area (TPSA) is 87.7 Å². The number of amides is 1. The highest BCUT2D eigenvalue weighted by molar-refractivity contribution is 5.82. The molecule has 1 unspecified atom stereocenters. The number of nitrogens with one attached hydrogen (secondary N) is 2. The van der Waals surface area contributed by atoms with Crippen molar-refractivity contribution in [1.82, 2.24) is 10.8 Å². The molecule has 0 aromatic rings. The van der Waals surface area contributed by atoms with E-state index in [2.05, 4.69) is 15.6 Å². The van der Waals surface area contributed by atoms with Crippen molar-refractivity contribution in [2.24, 2.45) is 5.41 Å². The third-order valence-corrected chi connectivity index (χ3v) is 2.76. The minimum atomic E-state index is -1.11. The Bertz CT molecular complexity index is 278. The molecule has 6 heteroatoms. The molecule has 6 nitrogen and oxygen atoms in total. The number of carbonyl (C=O) groups is 2. The predicted octanol–water partition coefficient (Wildman–Crippen LogP) is -0.103. The molecule has 1 saturated heterocycles. The molecule has 1 atom stereocenters. The number of aliphatic carboxylic acids is 1. The Kier molecular flexibility index (Phi) is 4.26. The van der Waals surface area contributed by atoms with Crippen molar-refractivity contribution >= 4 is 11.9 Å². The maximum atomic E-state index is 11.7. The molecule has 3 N–H and O–H groups in total. The van der Waals surface area contributed by atoms with Crippen LogP contribution in [0.1, 0.15) is 26.7 Å². The van der Waals surface area contributed by atoms with E-state index in [0.717, 1.165) is 19.4 Å². The monoisotopic (exact) mass is 230 g/mol. The van der Waals surface area contributed by atoms with Gasteiger partial charge in [-0.1, -0.05) is 13.8 Å². The van der Waals surface area contributed by atoms with Crippen LogP contribution in [0, 0.1) is 5.41 Å². The number of hydrogen-bond donors (Lipinski definition) is 3. The van der Waals surface area contributed by atoms with Gasteiger partial charge in [-0.3, -0.25) is 9.63 Å². The van der Waals surface area contributed by atoms with E-state index in [1.54, 1.807) is 0 Å². The largest absolute Gasteiger partial charge is 0.479 e. The summed E-state index contributed by atoms with van der Waals surface area (Å²) in [5, 5.41) is 11.5. The van der Waals surface area contributed by atoms with Crippen LogP contribution in [0.25, 0.3) is 0 Å². The van der Waals surface area contributed by atoms with Crippen LogP contribution in [0.4, 0.5) is 0 Å². The molecule has 0 saturated carbocycles. The molecule has 0 spiro atoms. The fourth-order valence-corrected chi connectivity index (χ4v) is 1.89. The summed E-state index contributed by atoms with van der Waals surface area (Å²) in [6, 6.07) is -0.338. The summed E-state index contributed by atoms with van der Waals surface area (Å²) in [4.78, 5) is 26.5. The predicted molar refractivity (Wildman–Crippen MR) is 56.5 cm³/mol. The van der Waals surface area contributed by atoms with Gasteiger partial charge < -0.3 is 10.4 Å². The smallest absolute Gasteiger partial charge is 0.332 e. The number of hydrogen-bond acceptors (Lipinski definition) is 4. The highest BCUT2D eigenvalue weighted by atomic mass is 16.7. The van der Waals surface area contributed by atoms with Crippen molar-refractivity contribution in [2.75, 3.05) is 13.2 Å². The van der Waals surface area contributed by atoms with Gasteiger partial charge in [-0.05, 0) is 24.8 Å². The van der Waals surface area contributed by atoms with Gasteiger partial charge in [-0.2, -0.15) is 0 Å². The molecule has 16 heavy (non-hydrogen) atoms. The van der Waals surface area contributed by atoms with Crippen molar-refractivity contribution < 1.29 is 19.5 Å². The van der Waals surface area contributed by atoms with Crippen LogP contribution in [-0.4, -0.2) is 36.2 Å². The SMILES string of the molecule is CC1(C)CCCNC1C(=O)NOCC(=O)O. The highest BCUT2D eigenvalue weighted by Crippen LogP contribution is 2.29. The summed E-state index contributed by atoms with van der Waals surface area (Å²) in [6.07, 6.45) is 1.99. The van der Waals surface area contributed by atoms with Gasteiger partial charge in [0.15, 0.2) is 6.61 Å². The van der Waals surface area contributed by atoms with E-state index < -0.39 is 12.6 Å². The van der Waals surface area contributed by atoms with Crippen LogP contribution in [-0.2, 0) is 14.4 Å². The molecule has 0 aromatic carbocycles. The van der Waals surface area contributed by atoms with Crippen LogP contribution in [0.5, 0.6) is 0 Å². The third kappa shape index (κ3) is 3.46. The van der Waals surface area contributed by atoms with E-state index in [4.69, 9.17) is 5.11 Å². The Balaban J connectivity index is 2.42. The van der Waals surface area contributed by atoms with Gasteiger partial charge in [0, 0.05) is 0 Å².